The van der Waals surface area contributed by atoms with Gasteiger partial charge in [-0.15, -0.1) is 11.8 Å². The zero-order chi connectivity index (χ0) is 14.5. The maximum absolute atomic E-state index is 12.4. The number of carbonyl (C=O) groups excluding carboxylic acids is 1. The number of amides is 1. The SMILES string of the molecule is COc1ccc(S[C@H](C)C(=O)N2CCN(C)CC2)cc1. The van der Waals surface area contributed by atoms with Gasteiger partial charge in [0.2, 0.25) is 5.91 Å². The van der Waals surface area contributed by atoms with Gasteiger partial charge in [-0.3, -0.25) is 4.79 Å². The molecule has 1 amide bonds. The molecular formula is C15H22N2O2S. The van der Waals surface area contributed by atoms with E-state index in [1.165, 1.54) is 0 Å². The highest BCUT2D eigenvalue weighted by molar-refractivity contribution is 8.00. The molecule has 0 aliphatic carbocycles. The van der Waals surface area contributed by atoms with Crippen molar-refractivity contribution >= 4 is 17.7 Å². The number of hydrogen-bond acceptors (Lipinski definition) is 4. The van der Waals surface area contributed by atoms with E-state index in [-0.39, 0.29) is 11.2 Å². The topological polar surface area (TPSA) is 32.8 Å². The predicted octanol–water partition coefficient (Wildman–Crippen LogP) is 1.95. The maximum Gasteiger partial charge on any atom is 0.235 e. The smallest absolute Gasteiger partial charge is 0.235 e. The summed E-state index contributed by atoms with van der Waals surface area (Å²) in [5.41, 5.74) is 0. The predicted molar refractivity (Wildman–Crippen MR) is 82.4 cm³/mol. The Hall–Kier alpha value is -1.20. The lowest BCUT2D eigenvalue weighted by atomic mass is 10.3. The molecule has 0 spiro atoms. The van der Waals surface area contributed by atoms with Crippen LogP contribution in [0.4, 0.5) is 0 Å². The fourth-order valence-electron chi connectivity index (χ4n) is 2.19. The van der Waals surface area contributed by atoms with Crippen LogP contribution in [-0.4, -0.2) is 61.3 Å². The van der Waals surface area contributed by atoms with Crippen LogP contribution in [0.5, 0.6) is 5.75 Å². The third kappa shape index (κ3) is 3.90. The summed E-state index contributed by atoms with van der Waals surface area (Å²) in [4.78, 5) is 17.7. The number of piperazine rings is 1. The van der Waals surface area contributed by atoms with E-state index in [4.69, 9.17) is 4.74 Å². The lowest BCUT2D eigenvalue weighted by molar-refractivity contribution is -0.131. The molecule has 0 bridgehead atoms. The average molecular weight is 294 g/mol. The summed E-state index contributed by atoms with van der Waals surface area (Å²) in [6.07, 6.45) is 0. The van der Waals surface area contributed by atoms with E-state index < -0.39 is 0 Å². The van der Waals surface area contributed by atoms with Crippen molar-refractivity contribution in [3.63, 3.8) is 0 Å². The van der Waals surface area contributed by atoms with Gasteiger partial charge in [0, 0.05) is 31.1 Å². The first-order valence-corrected chi connectivity index (χ1v) is 7.76. The summed E-state index contributed by atoms with van der Waals surface area (Å²) in [5.74, 6) is 1.08. The molecule has 0 aromatic heterocycles. The normalized spacial score (nSPS) is 17.9. The van der Waals surface area contributed by atoms with Crippen LogP contribution < -0.4 is 4.74 Å². The third-order valence-electron chi connectivity index (χ3n) is 3.54. The molecule has 1 aromatic carbocycles. The second-order valence-corrected chi connectivity index (χ2v) is 6.48. The second kappa shape index (κ2) is 6.99. The molecule has 0 N–H and O–H groups in total. The number of hydrogen-bond donors (Lipinski definition) is 0. The van der Waals surface area contributed by atoms with Gasteiger partial charge >= 0.3 is 0 Å². The summed E-state index contributed by atoms with van der Waals surface area (Å²) < 4.78 is 5.14. The Labute approximate surface area is 125 Å². The molecule has 1 atom stereocenters. The van der Waals surface area contributed by atoms with E-state index in [0.29, 0.717) is 0 Å². The van der Waals surface area contributed by atoms with E-state index >= 15 is 0 Å². The molecule has 0 unspecified atom stereocenters. The Kier molecular flexibility index (Phi) is 5.31. The van der Waals surface area contributed by atoms with Gasteiger partial charge in [0.1, 0.15) is 5.75 Å². The number of methoxy groups -OCH3 is 1. The summed E-state index contributed by atoms with van der Waals surface area (Å²) in [6.45, 7) is 5.58. The molecule has 1 aliphatic rings. The number of rotatable bonds is 4. The highest BCUT2D eigenvalue weighted by Gasteiger charge is 2.24. The molecule has 5 heteroatoms. The number of nitrogens with zero attached hydrogens (tertiary/aromatic N) is 2. The van der Waals surface area contributed by atoms with Gasteiger partial charge in [-0.2, -0.15) is 0 Å². The van der Waals surface area contributed by atoms with Gasteiger partial charge in [-0.05, 0) is 38.2 Å². The van der Waals surface area contributed by atoms with E-state index in [9.17, 15) is 4.79 Å². The molecule has 1 heterocycles. The Morgan fingerprint density at radius 2 is 1.80 bits per heavy atom. The van der Waals surface area contributed by atoms with Crippen LogP contribution in [0.1, 0.15) is 6.92 Å². The molecule has 2 rings (SSSR count). The van der Waals surface area contributed by atoms with Crippen molar-refractivity contribution in [1.82, 2.24) is 9.80 Å². The van der Waals surface area contributed by atoms with E-state index in [0.717, 1.165) is 36.8 Å². The lowest BCUT2D eigenvalue weighted by Crippen LogP contribution is -2.49. The molecular weight excluding hydrogens is 272 g/mol. The Bertz CT molecular complexity index is 442. The standard InChI is InChI=1S/C15H22N2O2S/c1-12(15(18)17-10-8-16(2)9-11-17)20-14-6-4-13(19-3)5-7-14/h4-7,12H,8-11H2,1-3H3/t12-/m1/s1. The van der Waals surface area contributed by atoms with Gasteiger partial charge in [-0.1, -0.05) is 0 Å². The summed E-state index contributed by atoms with van der Waals surface area (Å²) >= 11 is 1.60. The lowest BCUT2D eigenvalue weighted by Gasteiger charge is -2.33. The van der Waals surface area contributed by atoms with Crippen molar-refractivity contribution in [1.29, 1.82) is 0 Å². The molecule has 1 aromatic rings. The Morgan fingerprint density at radius 3 is 2.35 bits per heavy atom. The van der Waals surface area contributed by atoms with Crippen LogP contribution in [0.15, 0.2) is 29.2 Å². The van der Waals surface area contributed by atoms with E-state index in [1.54, 1.807) is 18.9 Å². The van der Waals surface area contributed by atoms with Crippen LogP contribution in [0.2, 0.25) is 0 Å². The van der Waals surface area contributed by atoms with Gasteiger partial charge in [-0.25, -0.2) is 0 Å². The number of carbonyl (C=O) groups is 1. The molecule has 1 fully saturated rings. The van der Waals surface area contributed by atoms with Crippen LogP contribution in [0.25, 0.3) is 0 Å². The average Bonchev–Trinajstić information content (AvgIpc) is 2.48. The number of likely N-dealkylation sites (N-methyl/N-ethyl adjacent to an activating group) is 1. The van der Waals surface area contributed by atoms with Crippen molar-refractivity contribution in [2.75, 3.05) is 40.3 Å². The first kappa shape index (κ1) is 15.2. The van der Waals surface area contributed by atoms with Crippen molar-refractivity contribution in [2.45, 2.75) is 17.1 Å². The summed E-state index contributed by atoms with van der Waals surface area (Å²) in [5, 5.41) is -0.0493. The van der Waals surface area contributed by atoms with Gasteiger partial charge in [0.05, 0.1) is 12.4 Å². The van der Waals surface area contributed by atoms with E-state index in [1.807, 2.05) is 36.1 Å². The number of ether oxygens (including phenoxy) is 1. The van der Waals surface area contributed by atoms with Gasteiger partial charge in [0.25, 0.3) is 0 Å². The zero-order valence-electron chi connectivity index (χ0n) is 12.3. The van der Waals surface area contributed by atoms with Crippen molar-refractivity contribution < 1.29 is 9.53 Å². The van der Waals surface area contributed by atoms with Crippen molar-refractivity contribution in [3.05, 3.63) is 24.3 Å². The minimum absolute atomic E-state index is 0.0493. The van der Waals surface area contributed by atoms with Crippen molar-refractivity contribution in [3.8, 4) is 5.75 Å². The highest BCUT2D eigenvalue weighted by atomic mass is 32.2. The molecule has 4 nitrogen and oxygen atoms in total. The fourth-order valence-corrected chi connectivity index (χ4v) is 3.14. The Morgan fingerprint density at radius 1 is 1.20 bits per heavy atom. The van der Waals surface area contributed by atoms with Gasteiger partial charge in [0.15, 0.2) is 0 Å². The molecule has 1 saturated heterocycles. The maximum atomic E-state index is 12.4. The first-order chi connectivity index (χ1) is 9.60. The van der Waals surface area contributed by atoms with Gasteiger partial charge < -0.3 is 14.5 Å². The molecule has 20 heavy (non-hydrogen) atoms. The second-order valence-electron chi connectivity index (χ2n) is 5.06. The van der Waals surface area contributed by atoms with Crippen LogP contribution >= 0.6 is 11.8 Å². The van der Waals surface area contributed by atoms with Crippen LogP contribution in [0, 0.1) is 0 Å². The number of benzene rings is 1. The monoisotopic (exact) mass is 294 g/mol. The van der Waals surface area contributed by atoms with Crippen LogP contribution in [-0.2, 0) is 4.79 Å². The minimum Gasteiger partial charge on any atom is -0.497 e. The number of thioether (sulfide) groups is 1. The molecule has 1 aliphatic heterocycles. The minimum atomic E-state index is -0.0493. The summed E-state index contributed by atoms with van der Waals surface area (Å²) in [6, 6.07) is 7.85. The fraction of sp³-hybridized carbons (Fsp3) is 0.533. The molecule has 110 valence electrons. The zero-order valence-corrected chi connectivity index (χ0v) is 13.2. The highest BCUT2D eigenvalue weighted by Crippen LogP contribution is 2.26. The quantitative estimate of drug-likeness (QED) is 0.795. The van der Waals surface area contributed by atoms with Crippen molar-refractivity contribution in [2.24, 2.45) is 0 Å². The third-order valence-corrected chi connectivity index (χ3v) is 4.63. The molecule has 0 saturated carbocycles. The first-order valence-electron chi connectivity index (χ1n) is 6.88. The largest absolute Gasteiger partial charge is 0.497 e. The van der Waals surface area contributed by atoms with E-state index in [2.05, 4.69) is 11.9 Å². The van der Waals surface area contributed by atoms with Crippen LogP contribution in [0.3, 0.4) is 0 Å². The summed E-state index contributed by atoms with van der Waals surface area (Å²) in [7, 11) is 3.75. The molecule has 0 radical (unpaired) electrons. The Balaban J connectivity index is 1.89.